The Hall–Kier alpha value is -1.32. The average molecular weight is 209 g/mol. The van der Waals surface area contributed by atoms with Crippen molar-refractivity contribution in [2.45, 2.75) is 33.1 Å². The number of anilines is 1. The Labute approximate surface area is 90.9 Å². The van der Waals surface area contributed by atoms with Crippen molar-refractivity contribution in [3.8, 4) is 0 Å². The Morgan fingerprint density at radius 3 is 2.40 bits per heavy atom. The molecule has 1 aromatic heterocycles. The van der Waals surface area contributed by atoms with Gasteiger partial charge in [-0.1, -0.05) is 20.8 Å². The number of carbonyl (C=O) groups excluding carboxylic acids is 1. The first-order valence-corrected chi connectivity index (χ1v) is 5.02. The molecule has 0 unspecified atom stereocenters. The first kappa shape index (κ1) is 11.8. The number of amides is 1. The van der Waals surface area contributed by atoms with Crippen molar-refractivity contribution in [2.75, 3.05) is 11.9 Å². The van der Waals surface area contributed by atoms with Crippen LogP contribution in [0.15, 0.2) is 6.20 Å². The van der Waals surface area contributed by atoms with E-state index in [2.05, 4.69) is 25.9 Å². The van der Waals surface area contributed by atoms with Crippen molar-refractivity contribution in [2.24, 2.45) is 7.05 Å². The van der Waals surface area contributed by atoms with Gasteiger partial charge in [0.25, 0.3) is 0 Å². The lowest BCUT2D eigenvalue weighted by atomic mass is 9.91. The molecule has 84 valence electrons. The molecule has 0 spiro atoms. The summed E-state index contributed by atoms with van der Waals surface area (Å²) in [5.41, 5.74) is 1.93. The number of rotatable bonds is 1. The van der Waals surface area contributed by atoms with E-state index in [1.54, 1.807) is 25.1 Å². The minimum absolute atomic E-state index is 0.0218. The highest BCUT2D eigenvalue weighted by Gasteiger charge is 2.25. The van der Waals surface area contributed by atoms with Crippen LogP contribution in [0.1, 0.15) is 33.4 Å². The molecule has 0 aliphatic carbocycles. The number of hydrogen-bond donors (Lipinski definition) is 0. The van der Waals surface area contributed by atoms with E-state index in [4.69, 9.17) is 0 Å². The van der Waals surface area contributed by atoms with Crippen molar-refractivity contribution in [3.05, 3.63) is 11.9 Å². The van der Waals surface area contributed by atoms with Crippen LogP contribution in [0.2, 0.25) is 0 Å². The second kappa shape index (κ2) is 3.68. The van der Waals surface area contributed by atoms with Crippen molar-refractivity contribution < 1.29 is 4.79 Å². The number of aromatic nitrogens is 2. The topological polar surface area (TPSA) is 38.1 Å². The minimum atomic E-state index is -0.0235. The molecule has 0 aromatic carbocycles. The number of hydrogen-bond acceptors (Lipinski definition) is 2. The Bertz CT molecular complexity index is 374. The van der Waals surface area contributed by atoms with Gasteiger partial charge in [-0.2, -0.15) is 5.10 Å². The van der Waals surface area contributed by atoms with Gasteiger partial charge in [0.05, 0.1) is 17.6 Å². The molecule has 1 heterocycles. The van der Waals surface area contributed by atoms with Crippen molar-refractivity contribution >= 4 is 11.6 Å². The normalized spacial score (nSPS) is 11.6. The van der Waals surface area contributed by atoms with Gasteiger partial charge in [-0.3, -0.25) is 9.48 Å². The van der Waals surface area contributed by atoms with Crippen LogP contribution in [0.25, 0.3) is 0 Å². The van der Waals surface area contributed by atoms with Gasteiger partial charge >= 0.3 is 0 Å². The summed E-state index contributed by atoms with van der Waals surface area (Å²) in [6.07, 6.45) is 1.74. The van der Waals surface area contributed by atoms with Gasteiger partial charge in [-0.05, 0) is 0 Å². The van der Waals surface area contributed by atoms with Crippen molar-refractivity contribution in [1.29, 1.82) is 0 Å². The maximum Gasteiger partial charge on any atom is 0.223 e. The Balaban J connectivity index is 3.27. The van der Waals surface area contributed by atoms with Crippen LogP contribution in [0.3, 0.4) is 0 Å². The first-order chi connectivity index (χ1) is 6.75. The lowest BCUT2D eigenvalue weighted by Gasteiger charge is -2.24. The summed E-state index contributed by atoms with van der Waals surface area (Å²) in [5.74, 6) is 0.0218. The zero-order valence-corrected chi connectivity index (χ0v) is 10.3. The van der Waals surface area contributed by atoms with E-state index >= 15 is 0 Å². The number of carbonyl (C=O) groups is 1. The third-order valence-electron chi connectivity index (χ3n) is 2.46. The molecule has 15 heavy (non-hydrogen) atoms. The molecule has 1 rings (SSSR count). The van der Waals surface area contributed by atoms with Crippen LogP contribution < -0.4 is 4.90 Å². The van der Waals surface area contributed by atoms with Gasteiger partial charge in [-0.15, -0.1) is 0 Å². The van der Waals surface area contributed by atoms with Gasteiger partial charge in [0.2, 0.25) is 5.91 Å². The zero-order chi connectivity index (χ0) is 11.8. The maximum atomic E-state index is 11.3. The summed E-state index contributed by atoms with van der Waals surface area (Å²) >= 11 is 0. The molecular formula is C11H19N3O. The van der Waals surface area contributed by atoms with Crippen molar-refractivity contribution in [3.63, 3.8) is 0 Å². The van der Waals surface area contributed by atoms with Crippen LogP contribution in [0.5, 0.6) is 0 Å². The number of nitrogens with zero attached hydrogens (tertiary/aromatic N) is 3. The summed E-state index contributed by atoms with van der Waals surface area (Å²) < 4.78 is 1.83. The maximum absolute atomic E-state index is 11.3. The quantitative estimate of drug-likeness (QED) is 0.706. The van der Waals surface area contributed by atoms with Crippen LogP contribution in [0, 0.1) is 0 Å². The molecule has 0 N–H and O–H groups in total. The minimum Gasteiger partial charge on any atom is -0.313 e. The van der Waals surface area contributed by atoms with Crippen LogP contribution in [-0.2, 0) is 17.3 Å². The summed E-state index contributed by atoms with van der Waals surface area (Å²) in [7, 11) is 3.67. The predicted molar refractivity (Wildman–Crippen MR) is 61.0 cm³/mol. The van der Waals surface area contributed by atoms with Gasteiger partial charge in [-0.25, -0.2) is 0 Å². The number of aryl methyl sites for hydroxylation is 1. The molecular weight excluding hydrogens is 190 g/mol. The van der Waals surface area contributed by atoms with Gasteiger partial charge in [0, 0.05) is 26.4 Å². The van der Waals surface area contributed by atoms with E-state index in [1.165, 1.54) is 0 Å². The fourth-order valence-corrected chi connectivity index (χ4v) is 1.71. The third kappa shape index (κ3) is 2.19. The van der Waals surface area contributed by atoms with E-state index in [1.807, 2.05) is 11.7 Å². The van der Waals surface area contributed by atoms with Gasteiger partial charge in [0.1, 0.15) is 0 Å². The largest absolute Gasteiger partial charge is 0.313 e. The molecule has 0 fully saturated rings. The van der Waals surface area contributed by atoms with E-state index in [0.717, 1.165) is 11.4 Å². The highest BCUT2D eigenvalue weighted by Crippen LogP contribution is 2.30. The lowest BCUT2D eigenvalue weighted by molar-refractivity contribution is -0.116. The van der Waals surface area contributed by atoms with Crippen LogP contribution >= 0.6 is 0 Å². The zero-order valence-electron chi connectivity index (χ0n) is 10.3. The molecule has 1 amide bonds. The fourth-order valence-electron chi connectivity index (χ4n) is 1.71. The molecule has 0 saturated carbocycles. The summed E-state index contributed by atoms with van der Waals surface area (Å²) in [5, 5.41) is 4.21. The molecule has 0 aliphatic rings. The molecule has 1 aromatic rings. The standard InChI is InChI=1S/C11H19N3O/c1-8(15)13(5)9-7-12-14(6)10(9)11(2,3)4/h7H,1-6H3. The fraction of sp³-hybridized carbons (Fsp3) is 0.636. The van der Waals surface area contributed by atoms with E-state index in [-0.39, 0.29) is 11.3 Å². The highest BCUT2D eigenvalue weighted by atomic mass is 16.2. The van der Waals surface area contributed by atoms with E-state index in [0.29, 0.717) is 0 Å². The Kier molecular flexibility index (Phi) is 2.88. The summed E-state index contributed by atoms with van der Waals surface area (Å²) in [6, 6.07) is 0. The SMILES string of the molecule is CC(=O)N(C)c1cnn(C)c1C(C)(C)C. The highest BCUT2D eigenvalue weighted by molar-refractivity contribution is 5.91. The second-order valence-electron chi connectivity index (χ2n) is 4.83. The van der Waals surface area contributed by atoms with Crippen LogP contribution in [0.4, 0.5) is 5.69 Å². The summed E-state index contributed by atoms with van der Waals surface area (Å²) in [4.78, 5) is 13.0. The average Bonchev–Trinajstić information content (AvgIpc) is 2.44. The van der Waals surface area contributed by atoms with Crippen LogP contribution in [-0.4, -0.2) is 22.7 Å². The Morgan fingerprint density at radius 2 is 2.00 bits per heavy atom. The molecule has 4 heteroatoms. The van der Waals surface area contributed by atoms with Crippen molar-refractivity contribution in [1.82, 2.24) is 9.78 Å². The van der Waals surface area contributed by atoms with E-state index in [9.17, 15) is 4.79 Å². The molecule has 0 bridgehead atoms. The molecule has 0 atom stereocenters. The first-order valence-electron chi connectivity index (χ1n) is 5.02. The van der Waals surface area contributed by atoms with Gasteiger partial charge < -0.3 is 4.90 Å². The predicted octanol–water partition coefficient (Wildman–Crippen LogP) is 1.70. The molecule has 0 aliphatic heterocycles. The van der Waals surface area contributed by atoms with E-state index < -0.39 is 0 Å². The molecule has 0 saturated heterocycles. The third-order valence-corrected chi connectivity index (χ3v) is 2.46. The second-order valence-corrected chi connectivity index (χ2v) is 4.83. The van der Waals surface area contributed by atoms with Gasteiger partial charge in [0.15, 0.2) is 0 Å². The Morgan fingerprint density at radius 1 is 1.47 bits per heavy atom. The molecule has 4 nitrogen and oxygen atoms in total. The smallest absolute Gasteiger partial charge is 0.223 e. The molecule has 0 radical (unpaired) electrons. The monoisotopic (exact) mass is 209 g/mol. The summed E-state index contributed by atoms with van der Waals surface area (Å²) in [6.45, 7) is 7.89. The lowest BCUT2D eigenvalue weighted by Crippen LogP contribution is -2.27.